The van der Waals surface area contributed by atoms with E-state index in [1.807, 2.05) is 6.92 Å². The number of benzene rings is 1. The highest BCUT2D eigenvalue weighted by Gasteiger charge is 2.59. The number of aliphatic imine (C=N–C) groups is 1. The normalized spacial score (nSPS) is 27.2. The highest BCUT2D eigenvalue weighted by atomic mass is 127. The molecule has 0 spiro atoms. The molecule has 1 aromatic rings. The van der Waals surface area contributed by atoms with Crippen LogP contribution in [0.25, 0.3) is 0 Å². The lowest BCUT2D eigenvalue weighted by Crippen LogP contribution is -2.68. The van der Waals surface area contributed by atoms with E-state index in [4.69, 9.17) is 27.9 Å². The van der Waals surface area contributed by atoms with Gasteiger partial charge in [-0.25, -0.2) is 0 Å². The van der Waals surface area contributed by atoms with Gasteiger partial charge in [0.05, 0.1) is 18.8 Å². The summed E-state index contributed by atoms with van der Waals surface area (Å²) in [6.07, 6.45) is 0.634. The van der Waals surface area contributed by atoms with Gasteiger partial charge in [0.25, 0.3) is 0 Å². The number of nitrogens with zero attached hydrogens (tertiary/aromatic N) is 1. The van der Waals surface area contributed by atoms with E-state index in [-0.39, 0.29) is 35.9 Å². The van der Waals surface area contributed by atoms with E-state index in [0.29, 0.717) is 39.6 Å². The van der Waals surface area contributed by atoms with Crippen molar-refractivity contribution >= 4 is 53.1 Å². The summed E-state index contributed by atoms with van der Waals surface area (Å²) < 4.78 is 5.85. The largest absolute Gasteiger partial charge is 0.386 e. The maximum Gasteiger partial charge on any atom is 0.191 e. The third-order valence-electron chi connectivity index (χ3n) is 5.43. The van der Waals surface area contributed by atoms with Gasteiger partial charge in [-0.15, -0.1) is 24.0 Å². The molecule has 1 saturated heterocycles. The fourth-order valence-corrected chi connectivity index (χ4v) is 4.68. The summed E-state index contributed by atoms with van der Waals surface area (Å²) in [4.78, 5) is 4.57. The summed E-state index contributed by atoms with van der Waals surface area (Å²) in [5.74, 6) is 1.23. The number of aliphatic hydroxyl groups excluding tert-OH is 1. The van der Waals surface area contributed by atoms with Crippen LogP contribution >= 0.6 is 47.2 Å². The molecule has 0 radical (unpaired) electrons. The summed E-state index contributed by atoms with van der Waals surface area (Å²) in [5, 5.41) is 18.3. The SMILES string of the molecule is CCNC(=NCC(O)c1cc(Cl)cc(Cl)c1)NC1C2CCOC2C1(C)C.I. The van der Waals surface area contributed by atoms with Crippen molar-refractivity contribution in [2.45, 2.75) is 45.4 Å². The van der Waals surface area contributed by atoms with E-state index in [2.05, 4.69) is 29.5 Å². The quantitative estimate of drug-likeness (QED) is 0.307. The second-order valence-corrected chi connectivity index (χ2v) is 8.50. The Morgan fingerprint density at radius 3 is 2.63 bits per heavy atom. The number of guanidine groups is 1. The molecular weight excluding hydrogens is 500 g/mol. The Morgan fingerprint density at radius 2 is 2.00 bits per heavy atom. The van der Waals surface area contributed by atoms with Crippen molar-refractivity contribution in [3.8, 4) is 0 Å². The fourth-order valence-electron chi connectivity index (χ4n) is 4.14. The van der Waals surface area contributed by atoms with Gasteiger partial charge in [0, 0.05) is 40.6 Å². The molecule has 1 aromatic carbocycles. The smallest absolute Gasteiger partial charge is 0.191 e. The Labute approximate surface area is 188 Å². The van der Waals surface area contributed by atoms with Crippen LogP contribution in [0.15, 0.2) is 23.2 Å². The van der Waals surface area contributed by atoms with Crippen LogP contribution in [-0.4, -0.2) is 42.9 Å². The average Bonchev–Trinajstić information content (AvgIpc) is 3.03. The van der Waals surface area contributed by atoms with Crippen LogP contribution in [0.3, 0.4) is 0 Å². The van der Waals surface area contributed by atoms with Gasteiger partial charge in [0.2, 0.25) is 0 Å². The van der Waals surface area contributed by atoms with Crippen molar-refractivity contribution in [1.29, 1.82) is 0 Å². The molecule has 4 atom stereocenters. The standard InChI is InChI=1S/C19H27Cl2N3O2.HI/c1-4-22-18(24-16-14-5-6-26-17(14)19(16,2)3)23-10-15(25)11-7-12(20)9-13(21)8-11;/h7-9,14-17,25H,4-6,10H2,1-3H3,(H2,22,23,24);1H. The first-order valence-corrected chi connectivity index (χ1v) is 9.89. The summed E-state index contributed by atoms with van der Waals surface area (Å²) in [7, 11) is 0. The maximum absolute atomic E-state index is 10.4. The van der Waals surface area contributed by atoms with Crippen molar-refractivity contribution < 1.29 is 9.84 Å². The van der Waals surface area contributed by atoms with E-state index in [0.717, 1.165) is 19.6 Å². The number of hydrogen-bond acceptors (Lipinski definition) is 3. The minimum absolute atomic E-state index is 0. The molecule has 3 rings (SSSR count). The highest BCUT2D eigenvalue weighted by Crippen LogP contribution is 2.52. The topological polar surface area (TPSA) is 65.9 Å². The number of ether oxygens (including phenoxy) is 1. The average molecular weight is 528 g/mol. The summed E-state index contributed by atoms with van der Waals surface area (Å²) in [5.41, 5.74) is 0.728. The summed E-state index contributed by atoms with van der Waals surface area (Å²) in [6.45, 7) is 8.29. The Hall–Kier alpha value is -0.280. The van der Waals surface area contributed by atoms with Crippen LogP contribution in [0.5, 0.6) is 0 Å². The van der Waals surface area contributed by atoms with Crippen LogP contribution in [-0.2, 0) is 4.74 Å². The molecular formula is C19H28Cl2IN3O2. The lowest BCUT2D eigenvalue weighted by atomic mass is 9.57. The molecule has 2 aliphatic rings. The van der Waals surface area contributed by atoms with Gasteiger partial charge in [-0.2, -0.15) is 0 Å². The molecule has 5 nitrogen and oxygen atoms in total. The van der Waals surface area contributed by atoms with Gasteiger partial charge in [-0.1, -0.05) is 37.0 Å². The monoisotopic (exact) mass is 527 g/mol. The second kappa shape index (κ2) is 9.48. The van der Waals surface area contributed by atoms with Gasteiger partial charge in [0.1, 0.15) is 0 Å². The zero-order chi connectivity index (χ0) is 18.9. The van der Waals surface area contributed by atoms with Crippen molar-refractivity contribution in [1.82, 2.24) is 10.6 Å². The number of aliphatic hydroxyl groups is 1. The Bertz CT molecular complexity index is 667. The predicted molar refractivity (Wildman–Crippen MR) is 121 cm³/mol. The third kappa shape index (κ3) is 5.01. The molecule has 3 N–H and O–H groups in total. The number of nitrogens with one attached hydrogen (secondary N) is 2. The van der Waals surface area contributed by atoms with Crippen molar-refractivity contribution in [2.24, 2.45) is 16.3 Å². The third-order valence-corrected chi connectivity index (χ3v) is 5.87. The first-order chi connectivity index (χ1) is 12.3. The summed E-state index contributed by atoms with van der Waals surface area (Å²) >= 11 is 12.0. The molecule has 0 amide bonds. The molecule has 1 saturated carbocycles. The van der Waals surface area contributed by atoms with E-state index >= 15 is 0 Å². The van der Waals surface area contributed by atoms with Crippen molar-refractivity contribution in [2.75, 3.05) is 19.7 Å². The number of hydrogen-bond donors (Lipinski definition) is 3. The summed E-state index contributed by atoms with van der Waals surface area (Å²) in [6, 6.07) is 5.38. The molecule has 0 aromatic heterocycles. The zero-order valence-corrected chi connectivity index (χ0v) is 19.7. The van der Waals surface area contributed by atoms with Crippen molar-refractivity contribution in [3.05, 3.63) is 33.8 Å². The van der Waals surface area contributed by atoms with Gasteiger partial charge in [0.15, 0.2) is 5.96 Å². The molecule has 0 bridgehead atoms. The Balaban J connectivity index is 0.00000261. The van der Waals surface area contributed by atoms with Gasteiger partial charge in [-0.05, 0) is 37.1 Å². The Kier molecular flexibility index (Phi) is 8.08. The first-order valence-electron chi connectivity index (χ1n) is 9.13. The minimum Gasteiger partial charge on any atom is -0.386 e. The first kappa shape index (κ1) is 23.0. The fraction of sp³-hybridized carbons (Fsp3) is 0.632. The molecule has 8 heteroatoms. The van der Waals surface area contributed by atoms with E-state index in [9.17, 15) is 5.11 Å². The van der Waals surface area contributed by atoms with E-state index < -0.39 is 6.10 Å². The van der Waals surface area contributed by atoms with E-state index in [1.54, 1.807) is 18.2 Å². The van der Waals surface area contributed by atoms with E-state index in [1.165, 1.54) is 0 Å². The molecule has 27 heavy (non-hydrogen) atoms. The molecule has 1 aliphatic heterocycles. The van der Waals surface area contributed by atoms with Crippen molar-refractivity contribution in [3.63, 3.8) is 0 Å². The maximum atomic E-state index is 10.4. The lowest BCUT2D eigenvalue weighted by molar-refractivity contribution is -0.106. The number of halogens is 3. The van der Waals surface area contributed by atoms with Crippen LogP contribution in [0.2, 0.25) is 10.0 Å². The predicted octanol–water partition coefficient (Wildman–Crippen LogP) is 4.01. The second-order valence-electron chi connectivity index (χ2n) is 7.63. The highest BCUT2D eigenvalue weighted by molar-refractivity contribution is 14.0. The van der Waals surface area contributed by atoms with Crippen LogP contribution < -0.4 is 10.6 Å². The molecule has 4 unspecified atom stereocenters. The molecule has 152 valence electrons. The zero-order valence-electron chi connectivity index (χ0n) is 15.8. The number of fused-ring (bicyclic) bond motifs is 1. The molecule has 2 fully saturated rings. The number of rotatable bonds is 5. The van der Waals surface area contributed by atoms with Gasteiger partial charge in [-0.3, -0.25) is 4.99 Å². The van der Waals surface area contributed by atoms with Crippen LogP contribution in [0.4, 0.5) is 0 Å². The molecule has 1 heterocycles. The minimum atomic E-state index is -0.765. The van der Waals surface area contributed by atoms with Crippen LogP contribution in [0.1, 0.15) is 38.9 Å². The van der Waals surface area contributed by atoms with Gasteiger partial charge >= 0.3 is 0 Å². The van der Waals surface area contributed by atoms with Crippen LogP contribution in [0, 0.1) is 11.3 Å². The van der Waals surface area contributed by atoms with Gasteiger partial charge < -0.3 is 20.5 Å². The molecule has 1 aliphatic carbocycles. The Morgan fingerprint density at radius 1 is 1.33 bits per heavy atom. The lowest BCUT2D eigenvalue weighted by Gasteiger charge is -2.54.